The third kappa shape index (κ3) is 3.87. The maximum absolute atomic E-state index is 6.00. The molecule has 1 N–H and O–H groups in total. The Morgan fingerprint density at radius 1 is 1.10 bits per heavy atom. The first-order chi connectivity index (χ1) is 10.1. The van der Waals surface area contributed by atoms with Crippen molar-refractivity contribution in [3.05, 3.63) is 35.4 Å². The lowest BCUT2D eigenvalue weighted by Crippen LogP contribution is -2.53. The van der Waals surface area contributed by atoms with Crippen LogP contribution in [0.3, 0.4) is 0 Å². The summed E-state index contributed by atoms with van der Waals surface area (Å²) in [5.41, 5.74) is 2.84. The van der Waals surface area contributed by atoms with Crippen molar-refractivity contribution in [2.45, 2.75) is 69.9 Å². The van der Waals surface area contributed by atoms with Crippen LogP contribution in [0, 0.1) is 0 Å². The number of rotatable bonds is 6. The van der Waals surface area contributed by atoms with Gasteiger partial charge in [-0.05, 0) is 43.4 Å². The maximum Gasteiger partial charge on any atom is 0.0834 e. The van der Waals surface area contributed by atoms with E-state index in [9.17, 15) is 0 Å². The van der Waals surface area contributed by atoms with Crippen LogP contribution in [0.15, 0.2) is 24.3 Å². The average molecular weight is 289 g/mol. The highest BCUT2D eigenvalue weighted by atomic mass is 16.5. The Bertz CT molecular complexity index is 418. The highest BCUT2D eigenvalue weighted by Crippen LogP contribution is 2.35. The molecular weight excluding hydrogens is 258 g/mol. The quantitative estimate of drug-likeness (QED) is 0.843. The number of likely N-dealkylation sites (N-methyl/N-ethyl adjacent to an activating group) is 1. The Morgan fingerprint density at radius 3 is 2.19 bits per heavy atom. The van der Waals surface area contributed by atoms with Crippen molar-refractivity contribution in [2.75, 3.05) is 14.2 Å². The first-order valence-corrected chi connectivity index (χ1v) is 8.42. The molecule has 21 heavy (non-hydrogen) atoms. The molecule has 0 radical (unpaired) electrons. The molecule has 1 saturated carbocycles. The molecule has 0 spiro atoms. The van der Waals surface area contributed by atoms with Gasteiger partial charge in [0.05, 0.1) is 5.60 Å². The predicted molar refractivity (Wildman–Crippen MR) is 89.9 cm³/mol. The van der Waals surface area contributed by atoms with E-state index in [1.54, 1.807) is 0 Å². The molecule has 1 aliphatic carbocycles. The molecular formula is C19H31NO. The third-order valence-corrected chi connectivity index (χ3v) is 5.18. The normalized spacial score (nSPS) is 19.7. The van der Waals surface area contributed by atoms with Gasteiger partial charge >= 0.3 is 0 Å². The van der Waals surface area contributed by atoms with Gasteiger partial charge in [-0.1, -0.05) is 57.4 Å². The molecule has 1 fully saturated rings. The van der Waals surface area contributed by atoms with Gasteiger partial charge in [-0.2, -0.15) is 0 Å². The van der Waals surface area contributed by atoms with Gasteiger partial charge in [0, 0.05) is 13.2 Å². The van der Waals surface area contributed by atoms with Gasteiger partial charge in [-0.3, -0.25) is 0 Å². The van der Waals surface area contributed by atoms with Gasteiger partial charge in [0.2, 0.25) is 0 Å². The standard InChI is InChI=1S/C19H31NO/c1-15(2)17-10-8-16(9-11-17)14-18(20-3)19(21-4)12-6-5-7-13-19/h8-11,15,18,20H,5-7,12-14H2,1-4H3. The Labute approximate surface area is 130 Å². The molecule has 2 nitrogen and oxygen atoms in total. The number of hydrogen-bond acceptors (Lipinski definition) is 2. The van der Waals surface area contributed by atoms with Gasteiger partial charge in [0.15, 0.2) is 0 Å². The van der Waals surface area contributed by atoms with Gasteiger partial charge in [0.25, 0.3) is 0 Å². The van der Waals surface area contributed by atoms with E-state index in [1.165, 1.54) is 43.2 Å². The molecule has 1 unspecified atom stereocenters. The van der Waals surface area contributed by atoms with E-state index in [1.807, 2.05) is 7.11 Å². The smallest absolute Gasteiger partial charge is 0.0834 e. The predicted octanol–water partition coefficient (Wildman–Crippen LogP) is 4.29. The summed E-state index contributed by atoms with van der Waals surface area (Å²) in [6.45, 7) is 4.49. The number of ether oxygens (including phenoxy) is 1. The molecule has 0 bridgehead atoms. The van der Waals surface area contributed by atoms with Crippen LogP contribution in [0.5, 0.6) is 0 Å². The zero-order chi connectivity index (χ0) is 15.3. The third-order valence-electron chi connectivity index (χ3n) is 5.18. The van der Waals surface area contributed by atoms with Crippen LogP contribution >= 0.6 is 0 Å². The molecule has 2 heteroatoms. The minimum Gasteiger partial charge on any atom is -0.377 e. The highest BCUT2D eigenvalue weighted by Gasteiger charge is 2.39. The van der Waals surface area contributed by atoms with E-state index in [4.69, 9.17) is 4.74 Å². The number of nitrogens with one attached hydrogen (secondary N) is 1. The van der Waals surface area contributed by atoms with Crippen LogP contribution in [-0.4, -0.2) is 25.8 Å². The summed E-state index contributed by atoms with van der Waals surface area (Å²) in [6.07, 6.45) is 7.34. The second kappa shape index (κ2) is 7.42. The van der Waals surface area contributed by atoms with Crippen molar-refractivity contribution in [1.82, 2.24) is 5.32 Å². The second-order valence-corrected chi connectivity index (χ2v) is 6.77. The van der Waals surface area contributed by atoms with Gasteiger partial charge in [-0.15, -0.1) is 0 Å². The van der Waals surface area contributed by atoms with Crippen LogP contribution in [0.1, 0.15) is 63.0 Å². The van der Waals surface area contributed by atoms with Crippen LogP contribution < -0.4 is 5.32 Å². The molecule has 0 saturated heterocycles. The first-order valence-electron chi connectivity index (χ1n) is 8.42. The van der Waals surface area contributed by atoms with E-state index in [2.05, 4.69) is 50.5 Å². The molecule has 1 aliphatic rings. The zero-order valence-electron chi connectivity index (χ0n) is 14.1. The molecule has 1 aromatic carbocycles. The lowest BCUT2D eigenvalue weighted by molar-refractivity contribution is -0.0657. The van der Waals surface area contributed by atoms with Crippen LogP contribution in [0.4, 0.5) is 0 Å². The lowest BCUT2D eigenvalue weighted by Gasteiger charge is -2.42. The Kier molecular flexibility index (Phi) is 5.83. The number of benzene rings is 1. The van der Waals surface area contributed by atoms with Crippen molar-refractivity contribution >= 4 is 0 Å². The minimum absolute atomic E-state index is 0.0176. The summed E-state index contributed by atoms with van der Waals surface area (Å²) in [5, 5.41) is 3.52. The Hall–Kier alpha value is -0.860. The molecule has 0 aromatic heterocycles. The SMILES string of the molecule is CNC(Cc1ccc(C(C)C)cc1)C1(OC)CCCCC1. The highest BCUT2D eigenvalue weighted by molar-refractivity contribution is 5.25. The fourth-order valence-corrected chi connectivity index (χ4v) is 3.67. The van der Waals surface area contributed by atoms with Crippen LogP contribution in [-0.2, 0) is 11.2 Å². The van der Waals surface area contributed by atoms with Gasteiger partial charge in [0.1, 0.15) is 0 Å². The van der Waals surface area contributed by atoms with Gasteiger partial charge < -0.3 is 10.1 Å². The summed E-state index contributed by atoms with van der Waals surface area (Å²) in [5.74, 6) is 0.600. The fourth-order valence-electron chi connectivity index (χ4n) is 3.67. The molecule has 118 valence electrons. The van der Waals surface area contributed by atoms with E-state index in [0.29, 0.717) is 12.0 Å². The molecule has 0 heterocycles. The second-order valence-electron chi connectivity index (χ2n) is 6.77. The molecule has 0 aliphatic heterocycles. The summed E-state index contributed by atoms with van der Waals surface area (Å²) in [7, 11) is 3.96. The van der Waals surface area contributed by atoms with E-state index in [-0.39, 0.29) is 5.60 Å². The van der Waals surface area contributed by atoms with Crippen molar-refractivity contribution in [1.29, 1.82) is 0 Å². The molecule has 0 amide bonds. The summed E-state index contributed by atoms with van der Waals surface area (Å²) in [4.78, 5) is 0. The van der Waals surface area contributed by atoms with E-state index >= 15 is 0 Å². The van der Waals surface area contributed by atoms with Crippen molar-refractivity contribution in [3.63, 3.8) is 0 Å². The average Bonchev–Trinajstić information content (AvgIpc) is 2.53. The number of hydrogen-bond donors (Lipinski definition) is 1. The van der Waals surface area contributed by atoms with Crippen molar-refractivity contribution in [3.8, 4) is 0 Å². The topological polar surface area (TPSA) is 21.3 Å². The lowest BCUT2D eigenvalue weighted by atomic mass is 9.77. The molecule has 1 atom stereocenters. The summed E-state index contributed by atoms with van der Waals surface area (Å²) in [6, 6.07) is 9.50. The summed E-state index contributed by atoms with van der Waals surface area (Å²) < 4.78 is 6.00. The summed E-state index contributed by atoms with van der Waals surface area (Å²) >= 11 is 0. The van der Waals surface area contributed by atoms with Crippen LogP contribution in [0.25, 0.3) is 0 Å². The largest absolute Gasteiger partial charge is 0.377 e. The van der Waals surface area contributed by atoms with E-state index < -0.39 is 0 Å². The molecule has 1 aromatic rings. The van der Waals surface area contributed by atoms with Crippen molar-refractivity contribution < 1.29 is 4.74 Å². The monoisotopic (exact) mass is 289 g/mol. The van der Waals surface area contributed by atoms with E-state index in [0.717, 1.165) is 6.42 Å². The number of methoxy groups -OCH3 is 1. The zero-order valence-corrected chi connectivity index (χ0v) is 14.1. The minimum atomic E-state index is 0.0176. The Balaban J connectivity index is 2.10. The Morgan fingerprint density at radius 2 is 1.71 bits per heavy atom. The first kappa shape index (κ1) is 16.5. The molecule has 2 rings (SSSR count). The maximum atomic E-state index is 6.00. The van der Waals surface area contributed by atoms with Gasteiger partial charge in [-0.25, -0.2) is 0 Å². The fraction of sp³-hybridized carbons (Fsp3) is 0.684. The van der Waals surface area contributed by atoms with Crippen LogP contribution in [0.2, 0.25) is 0 Å². The van der Waals surface area contributed by atoms with Crippen molar-refractivity contribution in [2.24, 2.45) is 0 Å².